The first-order chi connectivity index (χ1) is 12.2. The van der Waals surface area contributed by atoms with Gasteiger partial charge in [0.2, 0.25) is 5.91 Å². The van der Waals surface area contributed by atoms with E-state index in [2.05, 4.69) is 15.2 Å². The number of rotatable bonds is 4. The fraction of sp³-hybridized carbons (Fsp3) is 0.556. The van der Waals surface area contributed by atoms with E-state index in [4.69, 9.17) is 0 Å². The highest BCUT2D eigenvalue weighted by molar-refractivity contribution is 5.77. The second-order valence-electron chi connectivity index (χ2n) is 6.91. The molecular weight excluding hydrogens is 318 g/mol. The number of carbonyl (C=O) groups is 1. The van der Waals surface area contributed by atoms with Crippen molar-refractivity contribution in [2.45, 2.75) is 38.3 Å². The number of amides is 1. The molecule has 0 unspecified atom stereocenters. The van der Waals surface area contributed by atoms with Crippen LogP contribution in [0.5, 0.6) is 0 Å². The summed E-state index contributed by atoms with van der Waals surface area (Å²) in [7, 11) is 0. The monoisotopic (exact) mass is 341 g/mol. The van der Waals surface area contributed by atoms with Gasteiger partial charge in [-0.1, -0.05) is 17.3 Å². The first-order valence-corrected chi connectivity index (χ1v) is 9.07. The van der Waals surface area contributed by atoms with Gasteiger partial charge in [0, 0.05) is 25.6 Å². The Morgan fingerprint density at radius 2 is 1.96 bits per heavy atom. The number of carbonyl (C=O) groups excluding carboxylic acids is 1. The van der Waals surface area contributed by atoms with Crippen LogP contribution in [0.3, 0.4) is 0 Å². The van der Waals surface area contributed by atoms with Crippen molar-refractivity contribution in [3.8, 4) is 0 Å². The highest BCUT2D eigenvalue weighted by atomic mass is 16.2. The summed E-state index contributed by atoms with van der Waals surface area (Å²) in [6.07, 6.45) is 3.89. The molecular formula is C18H23N5O2. The van der Waals surface area contributed by atoms with Crippen molar-refractivity contribution in [1.82, 2.24) is 24.8 Å². The van der Waals surface area contributed by atoms with Crippen LogP contribution in [0.25, 0.3) is 10.9 Å². The van der Waals surface area contributed by atoms with Crippen molar-refractivity contribution < 1.29 is 4.79 Å². The van der Waals surface area contributed by atoms with Crippen molar-refractivity contribution in [3.63, 3.8) is 0 Å². The molecule has 0 aliphatic carbocycles. The van der Waals surface area contributed by atoms with E-state index in [1.165, 1.54) is 17.5 Å². The van der Waals surface area contributed by atoms with Gasteiger partial charge in [-0.2, -0.15) is 0 Å². The van der Waals surface area contributed by atoms with Gasteiger partial charge in [-0.05, 0) is 44.5 Å². The summed E-state index contributed by atoms with van der Waals surface area (Å²) in [5, 5.41) is 8.56. The van der Waals surface area contributed by atoms with E-state index in [-0.39, 0.29) is 18.0 Å². The van der Waals surface area contributed by atoms with Crippen LogP contribution in [0.2, 0.25) is 0 Å². The normalized spacial score (nSPS) is 21.3. The zero-order chi connectivity index (χ0) is 17.2. The third kappa shape index (κ3) is 3.28. The largest absolute Gasteiger partial charge is 0.341 e. The van der Waals surface area contributed by atoms with Gasteiger partial charge in [-0.25, -0.2) is 4.68 Å². The minimum Gasteiger partial charge on any atom is -0.341 e. The molecule has 2 fully saturated rings. The molecule has 0 saturated carbocycles. The lowest BCUT2D eigenvalue weighted by Gasteiger charge is -2.23. The molecule has 0 N–H and O–H groups in total. The van der Waals surface area contributed by atoms with E-state index in [0.717, 1.165) is 32.6 Å². The Kier molecular flexibility index (Phi) is 4.48. The zero-order valence-corrected chi connectivity index (χ0v) is 14.3. The summed E-state index contributed by atoms with van der Waals surface area (Å²) in [6.45, 7) is 4.24. The fourth-order valence-corrected chi connectivity index (χ4v) is 3.90. The van der Waals surface area contributed by atoms with Gasteiger partial charge >= 0.3 is 0 Å². The van der Waals surface area contributed by atoms with Crippen LogP contribution in [-0.4, -0.2) is 62.9 Å². The van der Waals surface area contributed by atoms with Crippen LogP contribution in [-0.2, 0) is 11.3 Å². The summed E-state index contributed by atoms with van der Waals surface area (Å²) in [5.74, 6) is 0.101. The molecule has 3 heterocycles. The zero-order valence-electron chi connectivity index (χ0n) is 14.3. The topological polar surface area (TPSA) is 71.3 Å². The molecule has 2 saturated heterocycles. The third-order valence-corrected chi connectivity index (χ3v) is 5.34. The van der Waals surface area contributed by atoms with Crippen LogP contribution < -0.4 is 5.56 Å². The second kappa shape index (κ2) is 6.92. The number of hydrogen-bond acceptors (Lipinski definition) is 5. The summed E-state index contributed by atoms with van der Waals surface area (Å²) < 4.78 is 1.30. The molecule has 2 aromatic rings. The minimum atomic E-state index is -0.185. The quantitative estimate of drug-likeness (QED) is 0.825. The number of likely N-dealkylation sites (tertiary alicyclic amines) is 2. The Hall–Kier alpha value is -2.28. The highest BCUT2D eigenvalue weighted by Crippen LogP contribution is 2.20. The average Bonchev–Trinajstić information content (AvgIpc) is 3.32. The molecule has 2 aliphatic rings. The predicted molar refractivity (Wildman–Crippen MR) is 94.2 cm³/mol. The maximum Gasteiger partial charge on any atom is 0.277 e. The molecule has 1 atom stereocenters. The highest BCUT2D eigenvalue weighted by Gasteiger charge is 2.31. The average molecular weight is 341 g/mol. The number of aromatic nitrogens is 3. The fourth-order valence-electron chi connectivity index (χ4n) is 3.90. The van der Waals surface area contributed by atoms with Gasteiger partial charge < -0.3 is 4.90 Å². The number of aryl methyl sites for hydroxylation is 1. The third-order valence-electron chi connectivity index (χ3n) is 5.34. The van der Waals surface area contributed by atoms with Crippen molar-refractivity contribution in [2.24, 2.45) is 0 Å². The maximum absolute atomic E-state index is 12.5. The predicted octanol–water partition coefficient (Wildman–Crippen LogP) is 0.878. The second-order valence-corrected chi connectivity index (χ2v) is 6.91. The lowest BCUT2D eigenvalue weighted by atomic mass is 10.2. The maximum atomic E-state index is 12.5. The Labute approximate surface area is 146 Å². The molecule has 132 valence electrons. The van der Waals surface area contributed by atoms with Crippen molar-refractivity contribution >= 4 is 16.8 Å². The molecule has 0 bridgehead atoms. The van der Waals surface area contributed by atoms with E-state index in [0.29, 0.717) is 23.4 Å². The summed E-state index contributed by atoms with van der Waals surface area (Å²) in [5.41, 5.74) is 0.401. The van der Waals surface area contributed by atoms with Crippen LogP contribution in [0.1, 0.15) is 25.7 Å². The first-order valence-electron chi connectivity index (χ1n) is 9.07. The van der Waals surface area contributed by atoms with E-state index in [9.17, 15) is 9.59 Å². The molecule has 0 spiro atoms. The molecule has 25 heavy (non-hydrogen) atoms. The van der Waals surface area contributed by atoms with Crippen LogP contribution in [0.4, 0.5) is 0 Å². The van der Waals surface area contributed by atoms with Gasteiger partial charge in [-0.15, -0.1) is 5.10 Å². The molecule has 1 aromatic heterocycles. The van der Waals surface area contributed by atoms with Gasteiger partial charge in [0.1, 0.15) is 5.52 Å². The Balaban J connectivity index is 1.37. The Bertz CT molecular complexity index is 828. The van der Waals surface area contributed by atoms with E-state index < -0.39 is 0 Å². The summed E-state index contributed by atoms with van der Waals surface area (Å²) in [6, 6.07) is 7.65. The van der Waals surface area contributed by atoms with E-state index in [1.807, 2.05) is 17.0 Å². The van der Waals surface area contributed by atoms with Crippen LogP contribution in [0, 0.1) is 0 Å². The van der Waals surface area contributed by atoms with E-state index >= 15 is 0 Å². The van der Waals surface area contributed by atoms with Gasteiger partial charge in [0.25, 0.3) is 5.56 Å². The Morgan fingerprint density at radius 3 is 2.80 bits per heavy atom. The van der Waals surface area contributed by atoms with E-state index in [1.54, 1.807) is 12.1 Å². The van der Waals surface area contributed by atoms with Gasteiger partial charge in [-0.3, -0.25) is 14.5 Å². The molecule has 1 amide bonds. The van der Waals surface area contributed by atoms with Crippen molar-refractivity contribution in [2.75, 3.05) is 26.2 Å². The van der Waals surface area contributed by atoms with Gasteiger partial charge in [0.05, 0.1) is 11.9 Å². The molecule has 2 aliphatic heterocycles. The molecule has 4 rings (SSSR count). The number of nitrogens with zero attached hydrogens (tertiary/aromatic N) is 5. The lowest BCUT2D eigenvalue weighted by molar-refractivity contribution is -0.130. The van der Waals surface area contributed by atoms with Crippen molar-refractivity contribution in [1.29, 1.82) is 0 Å². The first kappa shape index (κ1) is 16.2. The SMILES string of the molecule is O=C(CCn1nnc2ccccc2c1=O)N1CC[C@@H](N2CCCC2)C1. The van der Waals surface area contributed by atoms with Crippen LogP contribution in [0.15, 0.2) is 29.1 Å². The van der Waals surface area contributed by atoms with Crippen molar-refractivity contribution in [3.05, 3.63) is 34.6 Å². The van der Waals surface area contributed by atoms with Gasteiger partial charge in [0.15, 0.2) is 0 Å². The number of benzene rings is 1. The molecule has 7 heteroatoms. The molecule has 1 aromatic carbocycles. The molecule has 7 nitrogen and oxygen atoms in total. The Morgan fingerprint density at radius 1 is 1.16 bits per heavy atom. The number of fused-ring (bicyclic) bond motifs is 1. The van der Waals surface area contributed by atoms with Crippen LogP contribution >= 0.6 is 0 Å². The lowest BCUT2D eigenvalue weighted by Crippen LogP contribution is -2.37. The summed E-state index contributed by atoms with van der Waals surface area (Å²) in [4.78, 5) is 29.4. The summed E-state index contributed by atoms with van der Waals surface area (Å²) >= 11 is 0. The smallest absolute Gasteiger partial charge is 0.277 e. The number of hydrogen-bond donors (Lipinski definition) is 0. The standard InChI is InChI=1S/C18H23N5O2/c24-17(22-11-7-14(13-22)21-9-3-4-10-21)8-12-23-18(25)15-5-1-2-6-16(15)19-20-23/h1-2,5-6,14H,3-4,7-13H2/t14-/m1/s1. The minimum absolute atomic E-state index is 0.101. The molecule has 0 radical (unpaired) electrons.